The number of carbonyl (C=O) groups excluding carboxylic acids is 1. The van der Waals surface area contributed by atoms with Crippen LogP contribution < -0.4 is 10.6 Å². The molecule has 1 amide bonds. The first-order chi connectivity index (χ1) is 7.49. The minimum atomic E-state index is -0.407. The van der Waals surface area contributed by atoms with Crippen molar-refractivity contribution in [2.45, 2.75) is 32.9 Å². The first kappa shape index (κ1) is 12.5. The topological polar surface area (TPSA) is 61.4 Å². The number of benzene rings is 1. The van der Waals surface area contributed by atoms with E-state index in [0.717, 1.165) is 11.4 Å². The van der Waals surface area contributed by atoms with Gasteiger partial charge in [0.1, 0.15) is 0 Å². The quantitative estimate of drug-likeness (QED) is 0.728. The van der Waals surface area contributed by atoms with Crippen LogP contribution in [0.15, 0.2) is 24.3 Å². The Kier molecular flexibility index (Phi) is 4.31. The fourth-order valence-corrected chi connectivity index (χ4v) is 1.24. The van der Waals surface area contributed by atoms with Gasteiger partial charge in [-0.05, 0) is 38.1 Å². The number of amides is 1. The molecule has 4 nitrogen and oxygen atoms in total. The van der Waals surface area contributed by atoms with Crippen molar-refractivity contribution in [3.05, 3.63) is 24.3 Å². The summed E-state index contributed by atoms with van der Waals surface area (Å²) in [5.74, 6) is -0.0851. The Morgan fingerprint density at radius 2 is 1.69 bits per heavy atom. The molecule has 0 saturated heterocycles. The maximum atomic E-state index is 10.8. The van der Waals surface area contributed by atoms with Gasteiger partial charge in [0.2, 0.25) is 5.91 Å². The highest BCUT2D eigenvalue weighted by Gasteiger charge is 2.07. The highest BCUT2D eigenvalue weighted by Crippen LogP contribution is 2.14. The molecular weight excluding hydrogens is 204 g/mol. The predicted octanol–water partition coefficient (Wildman–Crippen LogP) is 1.83. The molecule has 1 rings (SSSR count). The van der Waals surface area contributed by atoms with Crippen molar-refractivity contribution in [1.82, 2.24) is 0 Å². The van der Waals surface area contributed by atoms with Crippen LogP contribution in [0.1, 0.15) is 20.8 Å². The zero-order chi connectivity index (χ0) is 12.1. The SMILES string of the molecule is CC(=O)Nc1ccc(NC(C)C(C)O)cc1. The summed E-state index contributed by atoms with van der Waals surface area (Å²) in [7, 11) is 0. The van der Waals surface area contributed by atoms with Crippen molar-refractivity contribution in [1.29, 1.82) is 0 Å². The standard InChI is InChI=1S/C12H18N2O2/c1-8(9(2)15)13-11-4-6-12(7-5-11)14-10(3)16/h4-9,13,15H,1-3H3,(H,14,16). The third kappa shape index (κ3) is 3.90. The number of carbonyl (C=O) groups is 1. The van der Waals surface area contributed by atoms with Crippen LogP contribution in [0.2, 0.25) is 0 Å². The third-order valence-corrected chi connectivity index (χ3v) is 2.32. The molecule has 88 valence electrons. The van der Waals surface area contributed by atoms with Crippen LogP contribution in [-0.2, 0) is 4.79 Å². The molecule has 0 radical (unpaired) electrons. The summed E-state index contributed by atoms with van der Waals surface area (Å²) in [6.07, 6.45) is -0.407. The highest BCUT2D eigenvalue weighted by molar-refractivity contribution is 5.88. The van der Waals surface area contributed by atoms with E-state index in [0.29, 0.717) is 0 Å². The molecule has 0 fully saturated rings. The minimum Gasteiger partial charge on any atom is -0.391 e. The lowest BCUT2D eigenvalue weighted by molar-refractivity contribution is -0.114. The molecule has 0 spiro atoms. The van der Waals surface area contributed by atoms with Crippen LogP contribution in [0.25, 0.3) is 0 Å². The molecule has 0 saturated carbocycles. The van der Waals surface area contributed by atoms with E-state index in [1.807, 2.05) is 31.2 Å². The van der Waals surface area contributed by atoms with E-state index in [2.05, 4.69) is 10.6 Å². The van der Waals surface area contributed by atoms with Gasteiger partial charge >= 0.3 is 0 Å². The molecule has 1 aromatic rings. The van der Waals surface area contributed by atoms with Gasteiger partial charge in [0.15, 0.2) is 0 Å². The number of hydrogen-bond donors (Lipinski definition) is 3. The van der Waals surface area contributed by atoms with Gasteiger partial charge in [-0.2, -0.15) is 0 Å². The number of aliphatic hydroxyl groups is 1. The average Bonchev–Trinajstić information content (AvgIpc) is 2.20. The lowest BCUT2D eigenvalue weighted by Gasteiger charge is -2.18. The van der Waals surface area contributed by atoms with E-state index < -0.39 is 6.10 Å². The second kappa shape index (κ2) is 5.51. The molecule has 0 aliphatic rings. The first-order valence-electron chi connectivity index (χ1n) is 5.31. The predicted molar refractivity (Wildman–Crippen MR) is 65.5 cm³/mol. The van der Waals surface area contributed by atoms with Crippen molar-refractivity contribution in [2.24, 2.45) is 0 Å². The minimum absolute atomic E-state index is 0.00776. The lowest BCUT2D eigenvalue weighted by atomic mass is 10.2. The van der Waals surface area contributed by atoms with Gasteiger partial charge < -0.3 is 15.7 Å². The summed E-state index contributed by atoms with van der Waals surface area (Å²) >= 11 is 0. The Labute approximate surface area is 95.7 Å². The maximum absolute atomic E-state index is 10.8. The van der Waals surface area contributed by atoms with E-state index in [4.69, 9.17) is 0 Å². The number of hydrogen-bond acceptors (Lipinski definition) is 3. The van der Waals surface area contributed by atoms with Crippen molar-refractivity contribution in [3.63, 3.8) is 0 Å². The van der Waals surface area contributed by atoms with Gasteiger partial charge in [-0.15, -0.1) is 0 Å². The van der Waals surface area contributed by atoms with Gasteiger partial charge in [-0.25, -0.2) is 0 Å². The zero-order valence-corrected chi connectivity index (χ0v) is 9.82. The number of rotatable bonds is 4. The number of nitrogens with one attached hydrogen (secondary N) is 2. The largest absolute Gasteiger partial charge is 0.391 e. The molecule has 0 aliphatic carbocycles. The maximum Gasteiger partial charge on any atom is 0.221 e. The van der Waals surface area contributed by atoms with Crippen LogP contribution in [0.3, 0.4) is 0 Å². The van der Waals surface area contributed by atoms with Gasteiger partial charge in [0.25, 0.3) is 0 Å². The molecular formula is C12H18N2O2. The smallest absolute Gasteiger partial charge is 0.221 e. The average molecular weight is 222 g/mol. The first-order valence-corrected chi connectivity index (χ1v) is 5.31. The molecule has 4 heteroatoms. The fourth-order valence-electron chi connectivity index (χ4n) is 1.24. The summed E-state index contributed by atoms with van der Waals surface area (Å²) in [5.41, 5.74) is 1.69. The summed E-state index contributed by atoms with van der Waals surface area (Å²) in [6.45, 7) is 5.12. The Hall–Kier alpha value is -1.55. The van der Waals surface area contributed by atoms with Crippen molar-refractivity contribution >= 4 is 17.3 Å². The van der Waals surface area contributed by atoms with Gasteiger partial charge in [0.05, 0.1) is 6.10 Å². The molecule has 0 bridgehead atoms. The Morgan fingerprint density at radius 3 is 2.12 bits per heavy atom. The summed E-state index contributed by atoms with van der Waals surface area (Å²) in [6, 6.07) is 7.36. The zero-order valence-electron chi connectivity index (χ0n) is 9.82. The highest BCUT2D eigenvalue weighted by atomic mass is 16.3. The molecule has 1 aromatic carbocycles. The monoisotopic (exact) mass is 222 g/mol. The normalized spacial score (nSPS) is 14.0. The third-order valence-electron chi connectivity index (χ3n) is 2.32. The molecule has 0 aliphatic heterocycles. The van der Waals surface area contributed by atoms with Crippen LogP contribution in [0.4, 0.5) is 11.4 Å². The molecule has 0 aromatic heterocycles. The molecule has 2 unspecified atom stereocenters. The van der Waals surface area contributed by atoms with Crippen molar-refractivity contribution in [3.8, 4) is 0 Å². The van der Waals surface area contributed by atoms with Gasteiger partial charge in [0, 0.05) is 24.3 Å². The van der Waals surface area contributed by atoms with Crippen LogP contribution in [0, 0.1) is 0 Å². The Morgan fingerprint density at radius 1 is 1.19 bits per heavy atom. The summed E-state index contributed by atoms with van der Waals surface area (Å²) in [4.78, 5) is 10.8. The van der Waals surface area contributed by atoms with Crippen molar-refractivity contribution in [2.75, 3.05) is 10.6 Å². The molecule has 3 N–H and O–H groups in total. The van der Waals surface area contributed by atoms with E-state index in [1.54, 1.807) is 6.92 Å². The fraction of sp³-hybridized carbons (Fsp3) is 0.417. The molecule has 0 heterocycles. The number of aliphatic hydroxyl groups excluding tert-OH is 1. The van der Waals surface area contributed by atoms with Crippen LogP contribution >= 0.6 is 0 Å². The van der Waals surface area contributed by atoms with Gasteiger partial charge in [-0.3, -0.25) is 4.79 Å². The summed E-state index contributed by atoms with van der Waals surface area (Å²) < 4.78 is 0. The molecule has 16 heavy (non-hydrogen) atoms. The molecule has 2 atom stereocenters. The Balaban J connectivity index is 2.61. The second-order valence-corrected chi connectivity index (χ2v) is 3.93. The van der Waals surface area contributed by atoms with Crippen LogP contribution in [0.5, 0.6) is 0 Å². The Bertz CT molecular complexity index is 347. The number of anilines is 2. The van der Waals surface area contributed by atoms with Crippen LogP contribution in [-0.4, -0.2) is 23.2 Å². The van der Waals surface area contributed by atoms with E-state index in [1.165, 1.54) is 6.92 Å². The lowest BCUT2D eigenvalue weighted by Crippen LogP contribution is -2.27. The van der Waals surface area contributed by atoms with E-state index >= 15 is 0 Å². The van der Waals surface area contributed by atoms with Gasteiger partial charge in [-0.1, -0.05) is 0 Å². The van der Waals surface area contributed by atoms with E-state index in [9.17, 15) is 9.90 Å². The van der Waals surface area contributed by atoms with E-state index in [-0.39, 0.29) is 11.9 Å². The van der Waals surface area contributed by atoms with Crippen molar-refractivity contribution < 1.29 is 9.90 Å². The summed E-state index contributed by atoms with van der Waals surface area (Å²) in [5, 5.41) is 15.2. The second-order valence-electron chi connectivity index (χ2n) is 3.93.